The number of fused-ring (bicyclic) bond motifs is 8. The van der Waals surface area contributed by atoms with Gasteiger partial charge in [0.05, 0.1) is 7.11 Å². The zero-order chi connectivity index (χ0) is 32.7. The van der Waals surface area contributed by atoms with Crippen LogP contribution in [0, 0.1) is 13.8 Å². The number of methoxy groups -OCH3 is 1. The molecule has 0 amide bonds. The minimum absolute atomic E-state index is 0.182. The molecule has 4 heteroatoms. The van der Waals surface area contributed by atoms with Crippen molar-refractivity contribution in [3.05, 3.63) is 165 Å². The Morgan fingerprint density at radius 2 is 0.702 bits per heavy atom. The van der Waals surface area contributed by atoms with E-state index in [1.807, 2.05) is 86.6 Å². The van der Waals surface area contributed by atoms with E-state index in [4.69, 9.17) is 4.74 Å². The van der Waals surface area contributed by atoms with Gasteiger partial charge in [0.2, 0.25) is 0 Å². The Labute approximate surface area is 276 Å². The first-order valence-electron chi connectivity index (χ1n) is 16.1. The first-order chi connectivity index (χ1) is 22.8. The number of rotatable bonds is 3. The monoisotopic (exact) mass is 618 g/mol. The SMILES string of the molecule is COc1c2cc(-c3ccccc3)cc1Cc1cc(C)cc(c1O)Cc1cc(-c3ccccc3)cc(c1O)Cc1cc(C)cc(c1O)C2. The van der Waals surface area contributed by atoms with Crippen LogP contribution in [0.5, 0.6) is 23.0 Å². The number of aromatic hydroxyl groups is 3. The molecule has 0 spiro atoms. The fourth-order valence-corrected chi connectivity index (χ4v) is 7.13. The second kappa shape index (κ2) is 12.4. The van der Waals surface area contributed by atoms with E-state index in [1.54, 1.807) is 7.11 Å². The van der Waals surface area contributed by atoms with E-state index in [1.165, 1.54) is 0 Å². The molecule has 3 N–H and O–H groups in total. The van der Waals surface area contributed by atoms with E-state index in [0.29, 0.717) is 25.7 Å². The number of aryl methyl sites for hydroxylation is 2. The van der Waals surface area contributed by atoms with Crippen LogP contribution in [-0.2, 0) is 25.7 Å². The Bertz CT molecular complexity index is 2010. The highest BCUT2D eigenvalue weighted by molar-refractivity contribution is 5.71. The molecule has 6 aromatic rings. The highest BCUT2D eigenvalue weighted by Gasteiger charge is 2.22. The van der Waals surface area contributed by atoms with Crippen LogP contribution in [0.3, 0.4) is 0 Å². The van der Waals surface area contributed by atoms with Crippen molar-refractivity contribution in [1.82, 2.24) is 0 Å². The second-order valence-electron chi connectivity index (χ2n) is 12.8. The van der Waals surface area contributed by atoms with Gasteiger partial charge in [-0.2, -0.15) is 0 Å². The first kappa shape index (κ1) is 30.2. The summed E-state index contributed by atoms with van der Waals surface area (Å²) in [5.74, 6) is 1.38. The van der Waals surface area contributed by atoms with Crippen molar-refractivity contribution in [3.8, 4) is 45.3 Å². The maximum Gasteiger partial charge on any atom is 0.125 e. The first-order valence-corrected chi connectivity index (χ1v) is 16.1. The van der Waals surface area contributed by atoms with Gasteiger partial charge in [-0.1, -0.05) is 96.1 Å². The lowest BCUT2D eigenvalue weighted by Gasteiger charge is -2.21. The Morgan fingerprint density at radius 3 is 1.04 bits per heavy atom. The molecule has 47 heavy (non-hydrogen) atoms. The summed E-state index contributed by atoms with van der Waals surface area (Å²) < 4.78 is 6.11. The third kappa shape index (κ3) is 5.95. The summed E-state index contributed by atoms with van der Waals surface area (Å²) in [7, 11) is 1.69. The van der Waals surface area contributed by atoms with Crippen molar-refractivity contribution in [2.45, 2.75) is 39.5 Å². The summed E-state index contributed by atoms with van der Waals surface area (Å²) in [5.41, 5.74) is 12.6. The number of phenols is 3. The van der Waals surface area contributed by atoms with Crippen molar-refractivity contribution in [3.63, 3.8) is 0 Å². The predicted octanol–water partition coefficient (Wildman–Crippen LogP) is 9.44. The molecule has 1 aliphatic carbocycles. The molecule has 0 aliphatic heterocycles. The van der Waals surface area contributed by atoms with Crippen molar-refractivity contribution in [2.24, 2.45) is 0 Å². The molecule has 0 atom stereocenters. The maximum atomic E-state index is 11.8. The van der Waals surface area contributed by atoms with Crippen LogP contribution in [0.4, 0.5) is 0 Å². The van der Waals surface area contributed by atoms with Gasteiger partial charge in [-0.05, 0) is 105 Å². The van der Waals surface area contributed by atoms with Crippen LogP contribution in [0.25, 0.3) is 22.3 Å². The molecule has 7 rings (SSSR count). The number of phenolic OH excluding ortho intramolecular Hbond substituents is 3. The van der Waals surface area contributed by atoms with E-state index in [0.717, 1.165) is 83.6 Å². The molecule has 0 aromatic heterocycles. The van der Waals surface area contributed by atoms with Crippen LogP contribution in [-0.4, -0.2) is 22.4 Å². The standard InChI is InChI=1S/C43H38O4/c1-26-14-32-22-36-18-30(28-10-6-4-7-11-28)19-37(42(36)46)23-33-15-27(2)17-35(41(33)45)25-39-21-31(29-12-8-5-9-13-29)20-38(43(39)47-3)24-34(16-26)40(32)44/h4-21,44-46H,22-25H2,1-3H3. The minimum atomic E-state index is 0.182. The third-order valence-corrected chi connectivity index (χ3v) is 9.28. The smallest absolute Gasteiger partial charge is 0.125 e. The van der Waals surface area contributed by atoms with E-state index < -0.39 is 0 Å². The Balaban J connectivity index is 1.49. The maximum absolute atomic E-state index is 11.8. The fraction of sp³-hybridized carbons (Fsp3) is 0.163. The molecule has 0 radical (unpaired) electrons. The molecular weight excluding hydrogens is 580 g/mol. The van der Waals surface area contributed by atoms with E-state index in [-0.39, 0.29) is 17.2 Å². The normalized spacial score (nSPS) is 12.5. The highest BCUT2D eigenvalue weighted by Crippen LogP contribution is 2.41. The van der Waals surface area contributed by atoms with Gasteiger partial charge in [0, 0.05) is 25.7 Å². The lowest BCUT2D eigenvalue weighted by molar-refractivity contribution is 0.405. The van der Waals surface area contributed by atoms with Crippen LogP contribution in [0.15, 0.2) is 109 Å². The van der Waals surface area contributed by atoms with Crippen molar-refractivity contribution < 1.29 is 20.1 Å². The van der Waals surface area contributed by atoms with Crippen molar-refractivity contribution in [2.75, 3.05) is 7.11 Å². The summed E-state index contributed by atoms with van der Waals surface area (Å²) in [5, 5.41) is 35.3. The lowest BCUT2D eigenvalue weighted by Crippen LogP contribution is -2.04. The zero-order valence-corrected chi connectivity index (χ0v) is 27.0. The molecule has 0 saturated carbocycles. The summed E-state index contributed by atoms with van der Waals surface area (Å²) in [6, 6.07) is 36.7. The molecule has 1 aliphatic rings. The minimum Gasteiger partial charge on any atom is -0.507 e. The molecule has 0 fully saturated rings. The van der Waals surface area contributed by atoms with Crippen LogP contribution in [0.2, 0.25) is 0 Å². The third-order valence-electron chi connectivity index (χ3n) is 9.28. The molecule has 6 aromatic carbocycles. The van der Waals surface area contributed by atoms with E-state index in [9.17, 15) is 15.3 Å². The van der Waals surface area contributed by atoms with Crippen molar-refractivity contribution in [1.29, 1.82) is 0 Å². The summed E-state index contributed by atoms with van der Waals surface area (Å²) >= 11 is 0. The average molecular weight is 619 g/mol. The summed E-state index contributed by atoms with van der Waals surface area (Å²) in [4.78, 5) is 0. The second-order valence-corrected chi connectivity index (χ2v) is 12.8. The Kier molecular flexibility index (Phi) is 7.95. The van der Waals surface area contributed by atoms with Crippen LogP contribution in [0.1, 0.15) is 55.6 Å². The average Bonchev–Trinajstić information content (AvgIpc) is 3.07. The molecule has 0 saturated heterocycles. The Hall–Kier alpha value is -5.48. The van der Waals surface area contributed by atoms with Gasteiger partial charge in [0.1, 0.15) is 23.0 Å². The van der Waals surface area contributed by atoms with Crippen LogP contribution < -0.4 is 4.74 Å². The largest absolute Gasteiger partial charge is 0.507 e. The van der Waals surface area contributed by atoms with Gasteiger partial charge in [-0.15, -0.1) is 0 Å². The van der Waals surface area contributed by atoms with Gasteiger partial charge < -0.3 is 20.1 Å². The van der Waals surface area contributed by atoms with Gasteiger partial charge in [-0.25, -0.2) is 0 Å². The highest BCUT2D eigenvalue weighted by atomic mass is 16.5. The van der Waals surface area contributed by atoms with Gasteiger partial charge in [0.15, 0.2) is 0 Å². The molecule has 8 bridgehead atoms. The van der Waals surface area contributed by atoms with E-state index >= 15 is 0 Å². The molecular formula is C43H38O4. The zero-order valence-electron chi connectivity index (χ0n) is 27.0. The molecule has 0 heterocycles. The number of hydrogen-bond donors (Lipinski definition) is 3. The predicted molar refractivity (Wildman–Crippen MR) is 189 cm³/mol. The quantitative estimate of drug-likeness (QED) is 0.185. The topological polar surface area (TPSA) is 69.9 Å². The van der Waals surface area contributed by atoms with Gasteiger partial charge >= 0.3 is 0 Å². The molecule has 4 nitrogen and oxygen atoms in total. The van der Waals surface area contributed by atoms with E-state index in [2.05, 4.69) is 36.4 Å². The van der Waals surface area contributed by atoms with Crippen molar-refractivity contribution >= 4 is 0 Å². The molecule has 0 unspecified atom stereocenters. The van der Waals surface area contributed by atoms with Gasteiger partial charge in [-0.3, -0.25) is 0 Å². The number of hydrogen-bond acceptors (Lipinski definition) is 4. The summed E-state index contributed by atoms with van der Waals surface area (Å²) in [6.45, 7) is 4.08. The fourth-order valence-electron chi connectivity index (χ4n) is 7.13. The Morgan fingerprint density at radius 1 is 0.404 bits per heavy atom. The van der Waals surface area contributed by atoms with Crippen LogP contribution >= 0.6 is 0 Å². The number of ether oxygens (including phenoxy) is 1. The summed E-state index contributed by atoms with van der Waals surface area (Å²) in [6.07, 6.45) is 1.59. The molecule has 234 valence electrons. The number of benzene rings is 6. The van der Waals surface area contributed by atoms with Gasteiger partial charge in [0.25, 0.3) is 0 Å². The lowest BCUT2D eigenvalue weighted by atomic mass is 9.87.